The molecule has 0 radical (unpaired) electrons. The lowest BCUT2D eigenvalue weighted by Gasteiger charge is -2.21. The summed E-state index contributed by atoms with van der Waals surface area (Å²) in [4.78, 5) is 72.5. The van der Waals surface area contributed by atoms with Gasteiger partial charge in [0.1, 0.15) is 19.3 Å². The van der Waals surface area contributed by atoms with Crippen LogP contribution >= 0.6 is 15.6 Å². The highest BCUT2D eigenvalue weighted by Gasteiger charge is 2.30. The maximum absolute atomic E-state index is 13.0. The molecule has 0 heterocycles. The molecular weight excluding hydrogens is 1170 g/mol. The summed E-state index contributed by atoms with van der Waals surface area (Å²) in [5.74, 6) is 0.0981. The molecule has 89 heavy (non-hydrogen) atoms. The molecule has 0 aromatic heterocycles. The molecule has 0 aliphatic carbocycles. The number of phosphoric ester groups is 2. The highest BCUT2D eigenvalue weighted by molar-refractivity contribution is 7.47. The zero-order valence-corrected chi connectivity index (χ0v) is 59.7. The van der Waals surface area contributed by atoms with Crippen molar-refractivity contribution in [2.45, 2.75) is 369 Å². The molecule has 0 spiro atoms. The molecule has 19 heteroatoms. The first kappa shape index (κ1) is 87.1. The minimum absolute atomic E-state index is 0.103. The van der Waals surface area contributed by atoms with Gasteiger partial charge in [-0.2, -0.15) is 0 Å². The van der Waals surface area contributed by atoms with Gasteiger partial charge in [0.2, 0.25) is 0 Å². The topological polar surface area (TPSA) is 237 Å². The first-order valence-corrected chi connectivity index (χ1v) is 39.4. The maximum Gasteiger partial charge on any atom is 0.472 e. The summed E-state index contributed by atoms with van der Waals surface area (Å²) < 4.78 is 68.3. The van der Waals surface area contributed by atoms with Gasteiger partial charge in [-0.15, -0.1) is 0 Å². The molecule has 528 valence electrons. The van der Waals surface area contributed by atoms with E-state index in [2.05, 4.69) is 48.5 Å². The van der Waals surface area contributed by atoms with Crippen LogP contribution in [0.15, 0.2) is 0 Å². The van der Waals surface area contributed by atoms with Crippen molar-refractivity contribution < 1.29 is 80.2 Å². The number of hydrogen-bond donors (Lipinski definition) is 3. The Hall–Kier alpha value is -1.94. The van der Waals surface area contributed by atoms with Crippen LogP contribution < -0.4 is 0 Å². The number of unbranched alkanes of at least 4 members (excludes halogenated alkanes) is 35. The molecule has 6 atom stereocenters. The molecule has 3 N–H and O–H groups in total. The van der Waals surface area contributed by atoms with Gasteiger partial charge >= 0.3 is 39.5 Å². The fourth-order valence-electron chi connectivity index (χ4n) is 10.5. The summed E-state index contributed by atoms with van der Waals surface area (Å²) in [6, 6.07) is 0. The van der Waals surface area contributed by atoms with E-state index in [0.717, 1.165) is 114 Å². The average Bonchev–Trinajstić information content (AvgIpc) is 3.70. The van der Waals surface area contributed by atoms with Crippen LogP contribution in [-0.2, 0) is 65.4 Å². The van der Waals surface area contributed by atoms with Gasteiger partial charge in [0.05, 0.1) is 26.4 Å². The number of esters is 4. The summed E-state index contributed by atoms with van der Waals surface area (Å²) in [5.41, 5.74) is 0. The van der Waals surface area contributed by atoms with E-state index in [1.165, 1.54) is 154 Å². The third-order valence-corrected chi connectivity index (χ3v) is 18.4. The van der Waals surface area contributed by atoms with Crippen LogP contribution in [0.5, 0.6) is 0 Å². The largest absolute Gasteiger partial charge is 0.472 e. The molecule has 0 bridgehead atoms. The van der Waals surface area contributed by atoms with Gasteiger partial charge in [-0.25, -0.2) is 9.13 Å². The molecular formula is C70H136O17P2. The SMILES string of the molecule is CCCCCCCCCCCCCCCC(=O)OC[C@H](COP(=O)(O)OC[C@@H](O)COP(=O)(O)OC[C@@H](COC(=O)CCCCCCCCC(C)CC)OC(=O)CCCCCCCCCCC(C)C)OC(=O)CCCCCCCCCCCCCCC(C)C. The average molecular weight is 1310 g/mol. The maximum atomic E-state index is 13.0. The fourth-order valence-corrected chi connectivity index (χ4v) is 12.1. The Kier molecular flexibility index (Phi) is 59.6. The Bertz CT molecular complexity index is 1750. The quantitative estimate of drug-likeness (QED) is 0.0222. The number of rotatable bonds is 68. The second-order valence-corrected chi connectivity index (χ2v) is 29.4. The summed E-state index contributed by atoms with van der Waals surface area (Å²) in [6.07, 6.45) is 44.4. The van der Waals surface area contributed by atoms with Gasteiger partial charge in [-0.1, -0.05) is 299 Å². The van der Waals surface area contributed by atoms with Crippen molar-refractivity contribution in [3.05, 3.63) is 0 Å². The van der Waals surface area contributed by atoms with E-state index in [0.29, 0.717) is 25.7 Å². The van der Waals surface area contributed by atoms with Crippen molar-refractivity contribution >= 4 is 39.5 Å². The van der Waals surface area contributed by atoms with Crippen molar-refractivity contribution in [2.24, 2.45) is 17.8 Å². The standard InChI is InChI=1S/C70H136O17P2/c1-8-10-11-12-13-14-15-16-20-23-29-37-44-51-67(72)80-57-65(86-69(74)53-46-39-30-24-21-18-17-19-22-27-34-41-48-61(3)4)59-84-88(76,77)82-55-64(71)56-83-89(78,79)85-60-66(58-81-68(73)52-45-38-33-32-36-43-50-63(7)9-2)87-70(75)54-47-40-31-26-25-28-35-42-49-62(5)6/h61-66,71H,8-60H2,1-7H3,(H,76,77)(H,78,79)/t63?,64-,65-,66-/m1/s1. The number of ether oxygens (including phenoxy) is 4. The second-order valence-electron chi connectivity index (χ2n) is 26.5. The molecule has 0 fully saturated rings. The van der Waals surface area contributed by atoms with Crippen molar-refractivity contribution in [1.29, 1.82) is 0 Å². The first-order chi connectivity index (χ1) is 42.8. The third-order valence-electron chi connectivity index (χ3n) is 16.5. The van der Waals surface area contributed by atoms with Gasteiger partial charge < -0.3 is 33.8 Å². The van der Waals surface area contributed by atoms with E-state index in [1.54, 1.807) is 0 Å². The van der Waals surface area contributed by atoms with Gasteiger partial charge in [-0.05, 0) is 43.4 Å². The number of hydrogen-bond acceptors (Lipinski definition) is 15. The molecule has 3 unspecified atom stereocenters. The molecule has 0 aliphatic heterocycles. The molecule has 0 aromatic rings. The van der Waals surface area contributed by atoms with E-state index in [-0.39, 0.29) is 25.7 Å². The smallest absolute Gasteiger partial charge is 0.462 e. The molecule has 0 aliphatic rings. The van der Waals surface area contributed by atoms with Crippen LogP contribution in [0, 0.1) is 17.8 Å². The van der Waals surface area contributed by atoms with E-state index in [1.807, 2.05) is 0 Å². The summed E-state index contributed by atoms with van der Waals surface area (Å²) in [7, 11) is -9.90. The predicted octanol–water partition coefficient (Wildman–Crippen LogP) is 19.8. The van der Waals surface area contributed by atoms with Crippen LogP contribution in [0.2, 0.25) is 0 Å². The zero-order valence-electron chi connectivity index (χ0n) is 57.9. The van der Waals surface area contributed by atoms with Crippen LogP contribution in [0.1, 0.15) is 350 Å². The molecule has 0 saturated heterocycles. The Morgan fingerprint density at radius 1 is 0.326 bits per heavy atom. The van der Waals surface area contributed by atoms with Gasteiger partial charge in [-0.3, -0.25) is 37.3 Å². The highest BCUT2D eigenvalue weighted by Crippen LogP contribution is 2.45. The highest BCUT2D eigenvalue weighted by atomic mass is 31.2. The summed E-state index contributed by atoms with van der Waals surface area (Å²) in [6.45, 7) is 11.8. The Morgan fingerprint density at radius 2 is 0.573 bits per heavy atom. The summed E-state index contributed by atoms with van der Waals surface area (Å²) in [5, 5.41) is 10.6. The number of aliphatic hydroxyl groups excluding tert-OH is 1. The Morgan fingerprint density at radius 3 is 0.854 bits per heavy atom. The zero-order chi connectivity index (χ0) is 65.9. The molecule has 0 rings (SSSR count). The summed E-state index contributed by atoms with van der Waals surface area (Å²) >= 11 is 0. The lowest BCUT2D eigenvalue weighted by Crippen LogP contribution is -2.30. The molecule has 0 amide bonds. The fraction of sp³-hybridized carbons (Fsp3) is 0.943. The van der Waals surface area contributed by atoms with Crippen molar-refractivity contribution in [3.8, 4) is 0 Å². The molecule has 0 aromatic carbocycles. The number of aliphatic hydroxyl groups is 1. The van der Waals surface area contributed by atoms with Crippen LogP contribution in [0.4, 0.5) is 0 Å². The molecule has 0 saturated carbocycles. The monoisotopic (exact) mass is 1310 g/mol. The predicted molar refractivity (Wildman–Crippen MR) is 358 cm³/mol. The number of carbonyl (C=O) groups is 4. The van der Waals surface area contributed by atoms with Crippen LogP contribution in [0.25, 0.3) is 0 Å². The van der Waals surface area contributed by atoms with Crippen molar-refractivity contribution in [3.63, 3.8) is 0 Å². The van der Waals surface area contributed by atoms with E-state index in [4.69, 9.17) is 37.0 Å². The lowest BCUT2D eigenvalue weighted by atomic mass is 10.00. The first-order valence-electron chi connectivity index (χ1n) is 36.4. The van der Waals surface area contributed by atoms with Crippen LogP contribution in [0.3, 0.4) is 0 Å². The number of phosphoric acid groups is 2. The van der Waals surface area contributed by atoms with Gasteiger partial charge in [0, 0.05) is 25.7 Å². The van der Waals surface area contributed by atoms with Gasteiger partial charge in [0.15, 0.2) is 12.2 Å². The van der Waals surface area contributed by atoms with Crippen molar-refractivity contribution in [2.75, 3.05) is 39.6 Å². The second kappa shape index (κ2) is 61.0. The van der Waals surface area contributed by atoms with Gasteiger partial charge in [0.25, 0.3) is 0 Å². The third kappa shape index (κ3) is 63.2. The minimum Gasteiger partial charge on any atom is -0.462 e. The normalized spacial score (nSPS) is 14.5. The van der Waals surface area contributed by atoms with E-state index >= 15 is 0 Å². The Balaban J connectivity index is 5.26. The molecule has 17 nitrogen and oxygen atoms in total. The Labute approximate surface area is 543 Å². The van der Waals surface area contributed by atoms with Crippen LogP contribution in [-0.4, -0.2) is 96.7 Å². The lowest BCUT2D eigenvalue weighted by molar-refractivity contribution is -0.161. The number of carbonyl (C=O) groups excluding carboxylic acids is 4. The van der Waals surface area contributed by atoms with Crippen molar-refractivity contribution in [1.82, 2.24) is 0 Å². The van der Waals surface area contributed by atoms with E-state index < -0.39 is 97.5 Å². The minimum atomic E-state index is -4.95. The van der Waals surface area contributed by atoms with E-state index in [9.17, 15) is 43.2 Å².